The van der Waals surface area contributed by atoms with Crippen LogP contribution in [-0.4, -0.2) is 33.0 Å². The number of anilines is 2. The number of hydrogen-bond acceptors (Lipinski definition) is 8. The zero-order valence-corrected chi connectivity index (χ0v) is 20.6. The molecule has 0 radical (unpaired) electrons. The lowest BCUT2D eigenvalue weighted by atomic mass is 10.1. The van der Waals surface area contributed by atoms with Gasteiger partial charge in [0.25, 0.3) is 11.6 Å². The van der Waals surface area contributed by atoms with E-state index in [2.05, 4.69) is 10.8 Å². The number of nitrogens with zero attached hydrogens (tertiary/aromatic N) is 1. The van der Waals surface area contributed by atoms with Crippen LogP contribution in [0.15, 0.2) is 91.0 Å². The molecule has 40 heavy (non-hydrogen) atoms. The predicted molar refractivity (Wildman–Crippen MR) is 143 cm³/mol. The fraction of sp³-hybridized carbons (Fsp3) is 0.0357. The number of amides is 1. The van der Waals surface area contributed by atoms with Crippen LogP contribution in [0.3, 0.4) is 0 Å². The number of nitro benzene ring substituents is 1. The number of carboxylic acid groups (broad SMARTS) is 2. The van der Waals surface area contributed by atoms with E-state index in [1.165, 1.54) is 6.07 Å². The van der Waals surface area contributed by atoms with E-state index in [0.717, 1.165) is 18.2 Å². The topological polar surface area (TPSA) is 177 Å². The van der Waals surface area contributed by atoms with Gasteiger partial charge >= 0.3 is 11.9 Å². The molecule has 4 aromatic rings. The van der Waals surface area contributed by atoms with Gasteiger partial charge in [0.15, 0.2) is 0 Å². The lowest BCUT2D eigenvalue weighted by Gasteiger charge is -2.11. The Morgan fingerprint density at radius 3 is 1.95 bits per heavy atom. The van der Waals surface area contributed by atoms with Gasteiger partial charge in [-0.2, -0.15) is 0 Å². The lowest BCUT2D eigenvalue weighted by Crippen LogP contribution is -2.16. The van der Waals surface area contributed by atoms with Crippen LogP contribution >= 0.6 is 0 Å². The van der Waals surface area contributed by atoms with E-state index in [9.17, 15) is 34.7 Å². The van der Waals surface area contributed by atoms with E-state index in [-0.39, 0.29) is 17.7 Å². The minimum absolute atomic E-state index is 0.0470. The van der Waals surface area contributed by atoms with Crippen LogP contribution in [0.1, 0.15) is 36.6 Å². The molecular weight excluding hydrogens is 522 g/mol. The van der Waals surface area contributed by atoms with Gasteiger partial charge in [0, 0.05) is 17.8 Å². The number of ether oxygens (including phenoxy) is 1. The molecule has 0 bridgehead atoms. The second kappa shape index (κ2) is 12.2. The summed E-state index contributed by atoms with van der Waals surface area (Å²) in [6.07, 6.45) is 0. The minimum Gasteiger partial charge on any atom is -0.478 e. The Balaban J connectivity index is 1.32. The Kier molecular flexibility index (Phi) is 8.32. The number of rotatable bonds is 11. The highest BCUT2D eigenvalue weighted by atomic mass is 16.6. The third kappa shape index (κ3) is 6.76. The number of non-ortho nitro benzene ring substituents is 1. The molecule has 202 valence electrons. The molecule has 12 heteroatoms. The van der Waals surface area contributed by atoms with Crippen LogP contribution in [0.5, 0.6) is 11.5 Å². The summed E-state index contributed by atoms with van der Waals surface area (Å²) in [4.78, 5) is 51.0. The van der Waals surface area contributed by atoms with Crippen molar-refractivity contribution in [3.8, 4) is 11.5 Å². The maximum absolute atomic E-state index is 12.6. The number of carbonyl (C=O) groups is 3. The van der Waals surface area contributed by atoms with Gasteiger partial charge in [0.05, 0.1) is 27.3 Å². The summed E-state index contributed by atoms with van der Waals surface area (Å²) >= 11 is 0. The molecule has 0 saturated heterocycles. The molecule has 0 aromatic heterocycles. The summed E-state index contributed by atoms with van der Waals surface area (Å²) in [5, 5.41) is 32.1. The van der Waals surface area contributed by atoms with Crippen molar-refractivity contribution < 1.29 is 39.1 Å². The average Bonchev–Trinajstić information content (AvgIpc) is 2.94. The largest absolute Gasteiger partial charge is 0.478 e. The highest BCUT2D eigenvalue weighted by Gasteiger charge is 2.20. The molecule has 4 rings (SSSR count). The summed E-state index contributed by atoms with van der Waals surface area (Å²) in [6, 6.07) is 22.6. The van der Waals surface area contributed by atoms with Crippen LogP contribution in [0.2, 0.25) is 0 Å². The molecule has 12 nitrogen and oxygen atoms in total. The van der Waals surface area contributed by atoms with Gasteiger partial charge < -0.3 is 20.3 Å². The first-order valence-electron chi connectivity index (χ1n) is 11.6. The smallest absolute Gasteiger partial charge is 0.336 e. The van der Waals surface area contributed by atoms with Crippen LogP contribution in [0, 0.1) is 10.1 Å². The van der Waals surface area contributed by atoms with Crippen molar-refractivity contribution in [1.82, 2.24) is 0 Å². The molecule has 0 aliphatic rings. The Hall–Kier alpha value is -5.75. The quantitative estimate of drug-likeness (QED) is 0.138. The Morgan fingerprint density at radius 1 is 0.750 bits per heavy atom. The molecule has 0 unspecified atom stereocenters. The van der Waals surface area contributed by atoms with Gasteiger partial charge in [-0.1, -0.05) is 18.2 Å². The molecule has 0 heterocycles. The summed E-state index contributed by atoms with van der Waals surface area (Å²) in [6.45, 7) is 0.0470. The first kappa shape index (κ1) is 27.3. The summed E-state index contributed by atoms with van der Waals surface area (Å²) in [5.74, 6) is -2.27. The van der Waals surface area contributed by atoms with E-state index in [1.807, 2.05) is 0 Å². The van der Waals surface area contributed by atoms with Crippen molar-refractivity contribution in [3.05, 3.63) is 123 Å². The van der Waals surface area contributed by atoms with Crippen molar-refractivity contribution in [2.24, 2.45) is 0 Å². The van der Waals surface area contributed by atoms with Crippen LogP contribution in [-0.2, 0) is 11.4 Å². The second-order valence-electron chi connectivity index (χ2n) is 8.25. The molecule has 4 aromatic carbocycles. The minimum atomic E-state index is -1.46. The van der Waals surface area contributed by atoms with Crippen molar-refractivity contribution >= 4 is 34.9 Å². The molecule has 0 aliphatic heterocycles. The first-order chi connectivity index (χ1) is 19.2. The average molecular weight is 543 g/mol. The molecule has 0 fully saturated rings. The Morgan fingerprint density at radius 2 is 1.35 bits per heavy atom. The molecule has 0 saturated carbocycles. The predicted octanol–water partition coefficient (Wildman–Crippen LogP) is 5.58. The number of benzene rings is 4. The fourth-order valence-electron chi connectivity index (χ4n) is 3.60. The maximum atomic E-state index is 12.6. The second-order valence-corrected chi connectivity index (χ2v) is 8.25. The SMILES string of the molecule is O=C(O)c1ccccc1CONc1ccc(Oc2ccc(NC(=O)c3ccc([N+](=O)[O-])cc3C(=O)O)cc2)cc1. The number of nitrogens with one attached hydrogen (secondary N) is 2. The van der Waals surface area contributed by atoms with Gasteiger partial charge in [-0.15, -0.1) is 0 Å². The van der Waals surface area contributed by atoms with Gasteiger partial charge in [-0.3, -0.25) is 25.2 Å². The first-order valence-corrected chi connectivity index (χ1v) is 11.6. The molecule has 0 aliphatic carbocycles. The highest BCUT2D eigenvalue weighted by Crippen LogP contribution is 2.25. The molecule has 0 atom stereocenters. The Labute approximate surface area is 226 Å². The number of aromatic carboxylic acids is 2. The van der Waals surface area contributed by atoms with Crippen LogP contribution in [0.4, 0.5) is 17.1 Å². The number of hydrogen-bond donors (Lipinski definition) is 4. The summed E-state index contributed by atoms with van der Waals surface area (Å²) < 4.78 is 5.79. The van der Waals surface area contributed by atoms with Crippen molar-refractivity contribution in [2.45, 2.75) is 6.61 Å². The zero-order valence-electron chi connectivity index (χ0n) is 20.6. The highest BCUT2D eigenvalue weighted by molar-refractivity contribution is 6.11. The molecule has 1 amide bonds. The van der Waals surface area contributed by atoms with Gasteiger partial charge in [-0.05, 0) is 66.2 Å². The molecular formula is C28H21N3O9. The maximum Gasteiger partial charge on any atom is 0.336 e. The van der Waals surface area contributed by atoms with Crippen molar-refractivity contribution in [3.63, 3.8) is 0 Å². The normalized spacial score (nSPS) is 10.4. The van der Waals surface area contributed by atoms with Crippen molar-refractivity contribution in [2.75, 3.05) is 10.8 Å². The van der Waals surface area contributed by atoms with Crippen molar-refractivity contribution in [1.29, 1.82) is 0 Å². The Bertz CT molecular complexity index is 1570. The molecule has 0 spiro atoms. The van der Waals surface area contributed by atoms with E-state index >= 15 is 0 Å². The molecule has 4 N–H and O–H groups in total. The van der Waals surface area contributed by atoms with E-state index in [4.69, 9.17) is 9.57 Å². The number of nitro groups is 1. The monoisotopic (exact) mass is 543 g/mol. The third-order valence-corrected chi connectivity index (χ3v) is 5.56. The zero-order chi connectivity index (χ0) is 28.6. The van der Waals surface area contributed by atoms with Crippen LogP contribution in [0.25, 0.3) is 0 Å². The third-order valence-electron chi connectivity index (χ3n) is 5.56. The van der Waals surface area contributed by atoms with Crippen LogP contribution < -0.4 is 15.5 Å². The van der Waals surface area contributed by atoms with Gasteiger partial charge in [0.2, 0.25) is 0 Å². The summed E-state index contributed by atoms with van der Waals surface area (Å²) in [5.41, 5.74) is 3.27. The standard InChI is InChI=1S/C28H21N3O9/c32-26(24-14-9-20(31(37)38)15-25(24)28(35)36)29-18-5-10-21(11-6-18)40-22-12-7-19(8-13-22)30-39-16-17-3-1-2-4-23(17)27(33)34/h1-15,30H,16H2,(H,29,32)(H,33,34)(H,35,36). The lowest BCUT2D eigenvalue weighted by molar-refractivity contribution is -0.384. The summed E-state index contributed by atoms with van der Waals surface area (Å²) in [7, 11) is 0. The van der Waals surface area contributed by atoms with Gasteiger partial charge in [0.1, 0.15) is 18.1 Å². The van der Waals surface area contributed by atoms with Gasteiger partial charge in [-0.25, -0.2) is 9.59 Å². The van der Waals surface area contributed by atoms with E-state index in [0.29, 0.717) is 28.4 Å². The number of carbonyl (C=O) groups excluding carboxylic acids is 1. The number of carboxylic acids is 2. The van der Waals surface area contributed by atoms with E-state index in [1.54, 1.807) is 66.7 Å². The fourth-order valence-corrected chi connectivity index (χ4v) is 3.60. The van der Waals surface area contributed by atoms with E-state index < -0.39 is 34.0 Å².